The van der Waals surface area contributed by atoms with Crippen LogP contribution in [0.3, 0.4) is 0 Å². The van der Waals surface area contributed by atoms with E-state index in [9.17, 15) is 0 Å². The molecule has 1 aliphatic rings. The molecule has 1 saturated heterocycles. The summed E-state index contributed by atoms with van der Waals surface area (Å²) in [5, 5.41) is 3.45. The molecule has 0 saturated carbocycles. The number of rotatable bonds is 0. The van der Waals surface area contributed by atoms with Gasteiger partial charge >= 0.3 is 0 Å². The van der Waals surface area contributed by atoms with E-state index < -0.39 is 0 Å². The Morgan fingerprint density at radius 3 is 3.00 bits per heavy atom. The van der Waals surface area contributed by atoms with Gasteiger partial charge in [0.2, 0.25) is 0 Å². The molecule has 1 rings (SSSR count). The van der Waals surface area contributed by atoms with Gasteiger partial charge in [-0.15, -0.1) is 0 Å². The van der Waals surface area contributed by atoms with Crippen molar-refractivity contribution >= 4 is 22.6 Å². The second kappa shape index (κ2) is 3.39. The summed E-state index contributed by atoms with van der Waals surface area (Å²) in [6, 6.07) is 0. The fourth-order valence-corrected chi connectivity index (χ4v) is 2.62. The third-order valence-electron chi connectivity index (χ3n) is 2.09. The van der Waals surface area contributed by atoms with Crippen molar-refractivity contribution in [3.63, 3.8) is 0 Å². The molecule has 2 unspecified atom stereocenters. The van der Waals surface area contributed by atoms with Crippen molar-refractivity contribution in [2.24, 2.45) is 5.92 Å². The van der Waals surface area contributed by atoms with E-state index in [0.717, 1.165) is 5.92 Å². The van der Waals surface area contributed by atoms with Gasteiger partial charge in [0, 0.05) is 3.42 Å². The summed E-state index contributed by atoms with van der Waals surface area (Å²) in [6.45, 7) is 7.09. The smallest absolute Gasteiger partial charge is 0.0209 e. The van der Waals surface area contributed by atoms with Gasteiger partial charge in [-0.2, -0.15) is 0 Å². The molecule has 0 aromatic carbocycles. The highest BCUT2D eigenvalue weighted by Gasteiger charge is 2.24. The topological polar surface area (TPSA) is 12.0 Å². The monoisotopic (exact) mass is 253 g/mol. The van der Waals surface area contributed by atoms with E-state index in [0.29, 0.717) is 3.42 Å². The van der Waals surface area contributed by atoms with Crippen LogP contribution in [0.4, 0.5) is 0 Å². The summed E-state index contributed by atoms with van der Waals surface area (Å²) in [5.74, 6) is 0.851. The summed E-state index contributed by atoms with van der Waals surface area (Å²) in [5.41, 5.74) is 0. The van der Waals surface area contributed by atoms with Gasteiger partial charge in [0.25, 0.3) is 0 Å². The normalized spacial score (nSPS) is 42.9. The average Bonchev–Trinajstić information content (AvgIpc) is 1.90. The highest BCUT2D eigenvalue weighted by Crippen LogP contribution is 2.31. The third-order valence-corrected chi connectivity index (χ3v) is 3.07. The molecule has 0 aromatic rings. The van der Waals surface area contributed by atoms with Gasteiger partial charge in [0.05, 0.1) is 0 Å². The number of nitrogens with one attached hydrogen (secondary N) is 1. The molecule has 0 spiro atoms. The van der Waals surface area contributed by atoms with Gasteiger partial charge in [-0.3, -0.25) is 0 Å². The Labute approximate surface area is 77.1 Å². The van der Waals surface area contributed by atoms with Gasteiger partial charge in [-0.1, -0.05) is 36.4 Å². The number of hydrogen-bond acceptors (Lipinski definition) is 1. The zero-order chi connectivity index (χ0) is 7.61. The summed E-state index contributed by atoms with van der Waals surface area (Å²) in [4.78, 5) is 0. The quantitative estimate of drug-likeness (QED) is 0.515. The van der Waals surface area contributed by atoms with Crippen molar-refractivity contribution < 1.29 is 0 Å². The second-order valence-electron chi connectivity index (χ2n) is 3.68. The SMILES string of the molecule is CC1CNCCC(C)(I)C1. The second-order valence-corrected chi connectivity index (χ2v) is 6.28. The Kier molecular flexibility index (Phi) is 2.98. The standard InChI is InChI=1S/C8H16IN/c1-7-5-8(2,9)3-4-10-6-7/h7,10H,3-6H2,1-2H3. The molecular weight excluding hydrogens is 237 g/mol. The van der Waals surface area contributed by atoms with Crippen LogP contribution in [0.5, 0.6) is 0 Å². The lowest BCUT2D eigenvalue weighted by Gasteiger charge is -2.21. The van der Waals surface area contributed by atoms with Crippen molar-refractivity contribution in [2.75, 3.05) is 13.1 Å². The summed E-state index contributed by atoms with van der Waals surface area (Å²) in [7, 11) is 0. The van der Waals surface area contributed by atoms with E-state index in [1.165, 1.54) is 25.9 Å². The molecule has 2 atom stereocenters. The highest BCUT2D eigenvalue weighted by molar-refractivity contribution is 14.1. The van der Waals surface area contributed by atoms with Crippen LogP contribution in [0.1, 0.15) is 26.7 Å². The van der Waals surface area contributed by atoms with Gasteiger partial charge in [0.1, 0.15) is 0 Å². The lowest BCUT2D eigenvalue weighted by atomic mass is 9.97. The van der Waals surface area contributed by atoms with Crippen LogP contribution >= 0.6 is 22.6 Å². The predicted molar refractivity (Wildman–Crippen MR) is 53.7 cm³/mol. The Hall–Kier alpha value is 0.690. The summed E-state index contributed by atoms with van der Waals surface area (Å²) in [6.07, 6.45) is 2.68. The highest BCUT2D eigenvalue weighted by atomic mass is 127. The molecule has 2 heteroatoms. The first kappa shape index (κ1) is 8.78. The van der Waals surface area contributed by atoms with Crippen LogP contribution in [0.15, 0.2) is 0 Å². The molecule has 10 heavy (non-hydrogen) atoms. The first-order chi connectivity index (χ1) is 4.60. The molecule has 1 nitrogen and oxygen atoms in total. The van der Waals surface area contributed by atoms with E-state index in [4.69, 9.17) is 0 Å². The fourth-order valence-electron chi connectivity index (χ4n) is 1.60. The van der Waals surface area contributed by atoms with Crippen molar-refractivity contribution in [3.8, 4) is 0 Å². The van der Waals surface area contributed by atoms with Crippen LogP contribution in [0.25, 0.3) is 0 Å². The Morgan fingerprint density at radius 1 is 1.60 bits per heavy atom. The maximum absolute atomic E-state index is 3.45. The van der Waals surface area contributed by atoms with Crippen molar-refractivity contribution in [3.05, 3.63) is 0 Å². The Morgan fingerprint density at radius 2 is 2.30 bits per heavy atom. The van der Waals surface area contributed by atoms with E-state index in [2.05, 4.69) is 41.8 Å². The minimum Gasteiger partial charge on any atom is -0.316 e. The zero-order valence-corrected chi connectivity index (χ0v) is 8.94. The average molecular weight is 253 g/mol. The van der Waals surface area contributed by atoms with Crippen molar-refractivity contribution in [1.29, 1.82) is 0 Å². The number of alkyl halides is 1. The molecular formula is C8H16IN. The van der Waals surface area contributed by atoms with E-state index >= 15 is 0 Å². The lowest BCUT2D eigenvalue weighted by molar-refractivity contribution is 0.487. The van der Waals surface area contributed by atoms with Gasteiger partial charge in [-0.05, 0) is 31.8 Å². The molecule has 0 bridgehead atoms. The van der Waals surface area contributed by atoms with Crippen molar-refractivity contribution in [2.45, 2.75) is 30.1 Å². The first-order valence-electron chi connectivity index (χ1n) is 4.00. The molecule has 0 amide bonds. The third kappa shape index (κ3) is 2.74. The lowest BCUT2D eigenvalue weighted by Crippen LogP contribution is -2.18. The number of hydrogen-bond donors (Lipinski definition) is 1. The molecule has 1 N–H and O–H groups in total. The summed E-state index contributed by atoms with van der Waals surface area (Å²) >= 11 is 2.59. The molecule has 1 heterocycles. The molecule has 1 aliphatic heterocycles. The number of halogens is 1. The Balaban J connectivity index is 2.46. The van der Waals surface area contributed by atoms with Crippen LogP contribution < -0.4 is 5.32 Å². The molecule has 1 fully saturated rings. The van der Waals surface area contributed by atoms with Gasteiger partial charge in [0.15, 0.2) is 0 Å². The van der Waals surface area contributed by atoms with Crippen LogP contribution in [-0.4, -0.2) is 16.5 Å². The zero-order valence-electron chi connectivity index (χ0n) is 6.78. The molecule has 60 valence electrons. The largest absolute Gasteiger partial charge is 0.316 e. The summed E-state index contributed by atoms with van der Waals surface area (Å²) < 4.78 is 0.542. The molecule has 0 aromatic heterocycles. The van der Waals surface area contributed by atoms with Gasteiger partial charge < -0.3 is 5.32 Å². The van der Waals surface area contributed by atoms with Crippen LogP contribution in [0.2, 0.25) is 0 Å². The molecule has 0 aliphatic carbocycles. The Bertz CT molecular complexity index is 112. The van der Waals surface area contributed by atoms with E-state index in [-0.39, 0.29) is 0 Å². The molecule has 0 radical (unpaired) electrons. The minimum atomic E-state index is 0.542. The van der Waals surface area contributed by atoms with Crippen LogP contribution in [0, 0.1) is 5.92 Å². The first-order valence-corrected chi connectivity index (χ1v) is 5.08. The fraction of sp³-hybridized carbons (Fsp3) is 1.00. The van der Waals surface area contributed by atoms with Crippen molar-refractivity contribution in [1.82, 2.24) is 5.32 Å². The van der Waals surface area contributed by atoms with Crippen LogP contribution in [-0.2, 0) is 0 Å². The maximum Gasteiger partial charge on any atom is 0.0209 e. The minimum absolute atomic E-state index is 0.542. The predicted octanol–water partition coefficient (Wildman–Crippen LogP) is 2.20. The van der Waals surface area contributed by atoms with E-state index in [1.807, 2.05) is 0 Å². The van der Waals surface area contributed by atoms with Gasteiger partial charge in [-0.25, -0.2) is 0 Å². The maximum atomic E-state index is 3.45. The van der Waals surface area contributed by atoms with E-state index in [1.54, 1.807) is 0 Å².